The van der Waals surface area contributed by atoms with Gasteiger partial charge in [-0.1, -0.05) is 18.2 Å². The second-order valence-corrected chi connectivity index (χ2v) is 4.16. The van der Waals surface area contributed by atoms with E-state index >= 15 is 0 Å². The Balaban J connectivity index is 2.11. The van der Waals surface area contributed by atoms with Crippen LogP contribution in [0.2, 0.25) is 0 Å². The van der Waals surface area contributed by atoms with Crippen molar-refractivity contribution in [1.29, 1.82) is 0 Å². The maximum Gasteiger partial charge on any atom is 0.323 e. The van der Waals surface area contributed by atoms with Gasteiger partial charge in [0.2, 0.25) is 0 Å². The molecule has 0 spiro atoms. The van der Waals surface area contributed by atoms with Crippen LogP contribution in [0.25, 0.3) is 0 Å². The van der Waals surface area contributed by atoms with Crippen molar-refractivity contribution in [3.8, 4) is 0 Å². The number of carbonyl (C=O) groups is 1. The average molecular weight is 226 g/mol. The summed E-state index contributed by atoms with van der Waals surface area (Å²) in [5.74, 6) is -0.957. The van der Waals surface area contributed by atoms with Gasteiger partial charge in [-0.2, -0.15) is 0 Å². The Morgan fingerprint density at radius 3 is 3.00 bits per heavy atom. The normalized spacial score (nSPS) is 16.2. The van der Waals surface area contributed by atoms with E-state index < -0.39 is 11.3 Å². The lowest BCUT2D eigenvalue weighted by Crippen LogP contribution is -2.32. The Labute approximate surface area is 93.3 Å². The predicted octanol–water partition coefficient (Wildman–Crippen LogP) is 1.74. The molecular weight excluding hydrogens is 214 g/mol. The number of alkyl halides is 1. The Hall–Kier alpha value is -1.22. The van der Waals surface area contributed by atoms with Crippen LogP contribution in [-0.2, 0) is 11.2 Å². The van der Waals surface area contributed by atoms with E-state index in [4.69, 9.17) is 16.7 Å². The second kappa shape index (κ2) is 4.11. The zero-order valence-corrected chi connectivity index (χ0v) is 8.94. The van der Waals surface area contributed by atoms with Crippen molar-refractivity contribution in [2.24, 2.45) is 0 Å². The highest BCUT2D eigenvalue weighted by atomic mass is 35.5. The molecule has 80 valence electrons. The van der Waals surface area contributed by atoms with Gasteiger partial charge >= 0.3 is 5.97 Å². The van der Waals surface area contributed by atoms with Crippen LogP contribution in [-0.4, -0.2) is 29.5 Å². The van der Waals surface area contributed by atoms with E-state index in [1.165, 1.54) is 5.56 Å². The van der Waals surface area contributed by atoms with Crippen LogP contribution in [0.1, 0.15) is 5.56 Å². The maximum atomic E-state index is 10.6. The standard InChI is InChI=1S/C11H12ClNO2/c12-9(11(14)15)7-13-6-5-8-3-1-2-4-10(8)13/h1-4,9H,5-7H2,(H,14,15). The first-order chi connectivity index (χ1) is 7.18. The Kier molecular flexibility index (Phi) is 2.82. The molecule has 1 aliphatic rings. The van der Waals surface area contributed by atoms with Crippen LogP contribution in [0.15, 0.2) is 24.3 Å². The number of carboxylic acids is 1. The molecule has 1 N–H and O–H groups in total. The molecule has 1 aromatic carbocycles. The van der Waals surface area contributed by atoms with Crippen molar-refractivity contribution < 1.29 is 9.90 Å². The van der Waals surface area contributed by atoms with Gasteiger partial charge in [0.25, 0.3) is 0 Å². The van der Waals surface area contributed by atoms with E-state index in [1.54, 1.807) is 0 Å². The van der Waals surface area contributed by atoms with Crippen molar-refractivity contribution in [1.82, 2.24) is 0 Å². The van der Waals surface area contributed by atoms with Gasteiger partial charge in [-0.25, -0.2) is 0 Å². The summed E-state index contributed by atoms with van der Waals surface area (Å²) in [7, 11) is 0. The molecule has 0 saturated carbocycles. The summed E-state index contributed by atoms with van der Waals surface area (Å²) in [6.07, 6.45) is 0.972. The monoisotopic (exact) mass is 225 g/mol. The number of para-hydroxylation sites is 1. The SMILES string of the molecule is O=C(O)C(Cl)CN1CCc2ccccc21. The molecule has 1 aliphatic heterocycles. The zero-order chi connectivity index (χ0) is 10.8. The Morgan fingerprint density at radius 2 is 2.27 bits per heavy atom. The van der Waals surface area contributed by atoms with Crippen LogP contribution in [0, 0.1) is 0 Å². The quantitative estimate of drug-likeness (QED) is 0.797. The summed E-state index contributed by atoms with van der Waals surface area (Å²) in [6.45, 7) is 1.23. The number of nitrogens with zero attached hydrogens (tertiary/aromatic N) is 1. The highest BCUT2D eigenvalue weighted by Crippen LogP contribution is 2.27. The Morgan fingerprint density at radius 1 is 1.53 bits per heavy atom. The van der Waals surface area contributed by atoms with E-state index in [0.29, 0.717) is 6.54 Å². The van der Waals surface area contributed by atoms with Crippen molar-refractivity contribution in [2.75, 3.05) is 18.0 Å². The molecule has 1 aromatic rings. The van der Waals surface area contributed by atoms with Gasteiger partial charge in [-0.3, -0.25) is 4.79 Å². The van der Waals surface area contributed by atoms with E-state index in [-0.39, 0.29) is 0 Å². The molecule has 1 heterocycles. The summed E-state index contributed by atoms with van der Waals surface area (Å²) in [5.41, 5.74) is 2.39. The second-order valence-electron chi connectivity index (χ2n) is 3.63. The van der Waals surface area contributed by atoms with Gasteiger partial charge in [-0.15, -0.1) is 11.6 Å². The minimum Gasteiger partial charge on any atom is -0.480 e. The third kappa shape index (κ3) is 2.07. The minimum absolute atomic E-state index is 0.369. The lowest BCUT2D eigenvalue weighted by atomic mass is 10.2. The van der Waals surface area contributed by atoms with Crippen LogP contribution in [0.5, 0.6) is 0 Å². The smallest absolute Gasteiger partial charge is 0.323 e. The van der Waals surface area contributed by atoms with Gasteiger partial charge in [-0.05, 0) is 18.1 Å². The first-order valence-corrected chi connectivity index (χ1v) is 5.32. The third-order valence-corrected chi connectivity index (χ3v) is 2.96. The van der Waals surface area contributed by atoms with Crippen molar-refractivity contribution in [2.45, 2.75) is 11.8 Å². The lowest BCUT2D eigenvalue weighted by molar-refractivity contribution is -0.136. The number of halogens is 1. The molecule has 15 heavy (non-hydrogen) atoms. The first-order valence-electron chi connectivity index (χ1n) is 4.88. The van der Waals surface area contributed by atoms with E-state index in [1.807, 2.05) is 23.1 Å². The molecule has 1 unspecified atom stereocenters. The van der Waals surface area contributed by atoms with Gasteiger partial charge in [0.1, 0.15) is 5.38 Å². The summed E-state index contributed by atoms with van der Waals surface area (Å²) in [6, 6.07) is 8.03. The number of benzene rings is 1. The van der Waals surface area contributed by atoms with Gasteiger partial charge in [0.15, 0.2) is 0 Å². The molecular formula is C11H12ClNO2. The van der Waals surface area contributed by atoms with Crippen LogP contribution in [0.3, 0.4) is 0 Å². The highest BCUT2D eigenvalue weighted by Gasteiger charge is 2.23. The molecule has 0 radical (unpaired) electrons. The number of fused-ring (bicyclic) bond motifs is 1. The Bertz CT molecular complexity index is 381. The van der Waals surface area contributed by atoms with Crippen LogP contribution in [0.4, 0.5) is 5.69 Å². The van der Waals surface area contributed by atoms with Crippen molar-refractivity contribution >= 4 is 23.3 Å². The van der Waals surface area contributed by atoms with E-state index in [9.17, 15) is 4.79 Å². The number of rotatable bonds is 3. The fourth-order valence-corrected chi connectivity index (χ4v) is 2.03. The number of carboxylic acid groups (broad SMARTS) is 1. The molecule has 0 amide bonds. The van der Waals surface area contributed by atoms with Gasteiger partial charge in [0, 0.05) is 18.8 Å². The molecule has 0 bridgehead atoms. The van der Waals surface area contributed by atoms with Crippen LogP contribution < -0.4 is 4.90 Å². The summed E-state index contributed by atoms with van der Waals surface area (Å²) >= 11 is 5.72. The van der Waals surface area contributed by atoms with Crippen LogP contribution >= 0.6 is 11.6 Å². The van der Waals surface area contributed by atoms with Crippen molar-refractivity contribution in [3.05, 3.63) is 29.8 Å². The molecule has 1 atom stereocenters. The fraction of sp³-hybridized carbons (Fsp3) is 0.364. The summed E-state index contributed by atoms with van der Waals surface area (Å²) in [4.78, 5) is 12.7. The molecule has 0 aromatic heterocycles. The number of aliphatic carboxylic acids is 1. The lowest BCUT2D eigenvalue weighted by Gasteiger charge is -2.20. The highest BCUT2D eigenvalue weighted by molar-refractivity contribution is 6.30. The summed E-state index contributed by atoms with van der Waals surface area (Å²) < 4.78 is 0. The van der Waals surface area contributed by atoms with E-state index in [0.717, 1.165) is 18.7 Å². The third-order valence-electron chi connectivity index (χ3n) is 2.63. The molecule has 4 heteroatoms. The maximum absolute atomic E-state index is 10.6. The minimum atomic E-state index is -0.957. The largest absolute Gasteiger partial charge is 0.480 e. The van der Waals surface area contributed by atoms with Gasteiger partial charge in [0.05, 0.1) is 0 Å². The molecule has 0 fully saturated rings. The average Bonchev–Trinajstić information content (AvgIpc) is 2.62. The summed E-state index contributed by atoms with van der Waals surface area (Å²) in [5, 5.41) is 7.89. The van der Waals surface area contributed by atoms with E-state index in [2.05, 4.69) is 6.07 Å². The predicted molar refractivity (Wildman–Crippen MR) is 59.6 cm³/mol. The first kappa shape index (κ1) is 10.3. The fourth-order valence-electron chi connectivity index (χ4n) is 1.87. The number of anilines is 1. The zero-order valence-electron chi connectivity index (χ0n) is 8.19. The molecule has 2 rings (SSSR count). The van der Waals surface area contributed by atoms with Crippen molar-refractivity contribution in [3.63, 3.8) is 0 Å². The molecule has 0 saturated heterocycles. The number of hydrogen-bond acceptors (Lipinski definition) is 2. The van der Waals surface area contributed by atoms with Gasteiger partial charge < -0.3 is 10.0 Å². The molecule has 3 nitrogen and oxygen atoms in total. The molecule has 0 aliphatic carbocycles. The number of hydrogen-bond donors (Lipinski definition) is 1. The topological polar surface area (TPSA) is 40.5 Å².